The normalized spacial score (nSPS) is 15.9. The van der Waals surface area contributed by atoms with Crippen LogP contribution in [0, 0.1) is 0 Å². The lowest BCUT2D eigenvalue weighted by molar-refractivity contribution is -0.138. The number of carbonyl (C=O) groups is 3. The van der Waals surface area contributed by atoms with Crippen molar-refractivity contribution in [3.05, 3.63) is 64.7 Å². The lowest BCUT2D eigenvalue weighted by Crippen LogP contribution is -2.18. The summed E-state index contributed by atoms with van der Waals surface area (Å²) in [5.74, 6) is -2.43. The van der Waals surface area contributed by atoms with Crippen molar-refractivity contribution in [3.8, 4) is 0 Å². The molecule has 0 aromatic heterocycles. The predicted octanol–water partition coefficient (Wildman–Crippen LogP) is 3.80. The summed E-state index contributed by atoms with van der Waals surface area (Å²) in [4.78, 5) is 35.9. The molecule has 2 aromatic carbocycles. The third-order valence-corrected chi connectivity index (χ3v) is 4.28. The van der Waals surface area contributed by atoms with Crippen LogP contribution in [0.5, 0.6) is 0 Å². The zero-order chi connectivity index (χ0) is 19.8. The van der Waals surface area contributed by atoms with Gasteiger partial charge in [0, 0.05) is 11.3 Å². The fourth-order valence-electron chi connectivity index (χ4n) is 2.79. The Bertz CT molecular complexity index is 937. The van der Waals surface area contributed by atoms with Crippen molar-refractivity contribution in [2.24, 2.45) is 0 Å². The molecule has 3 rings (SSSR count). The number of rotatable bonds is 4. The van der Waals surface area contributed by atoms with Crippen molar-refractivity contribution in [1.29, 1.82) is 0 Å². The predicted molar refractivity (Wildman–Crippen MR) is 89.5 cm³/mol. The minimum absolute atomic E-state index is 0.190. The molecule has 27 heavy (non-hydrogen) atoms. The molecule has 1 aliphatic rings. The third-order valence-electron chi connectivity index (χ3n) is 4.28. The molecular formula is C19H14F3NO4. The highest BCUT2D eigenvalue weighted by Gasteiger charge is 2.35. The highest BCUT2D eigenvalue weighted by molar-refractivity contribution is 6.05. The van der Waals surface area contributed by atoms with Crippen LogP contribution in [-0.2, 0) is 15.7 Å². The Balaban J connectivity index is 1.72. The van der Waals surface area contributed by atoms with Gasteiger partial charge in [-0.05, 0) is 42.8 Å². The number of hydrogen-bond acceptors (Lipinski definition) is 4. The average Bonchev–Trinajstić information content (AvgIpc) is 2.92. The van der Waals surface area contributed by atoms with E-state index < -0.39 is 41.6 Å². The highest BCUT2D eigenvalue weighted by atomic mass is 19.4. The van der Waals surface area contributed by atoms with Gasteiger partial charge < -0.3 is 10.1 Å². The van der Waals surface area contributed by atoms with E-state index in [1.54, 1.807) is 13.0 Å². The zero-order valence-electron chi connectivity index (χ0n) is 14.1. The molecule has 1 amide bonds. The Morgan fingerprint density at radius 1 is 1.15 bits per heavy atom. The number of carbonyl (C=O) groups excluding carboxylic acids is 3. The number of nitrogens with one attached hydrogen (secondary N) is 1. The van der Waals surface area contributed by atoms with E-state index in [9.17, 15) is 27.6 Å². The first-order valence-electron chi connectivity index (χ1n) is 8.00. The summed E-state index contributed by atoms with van der Waals surface area (Å²) in [6.07, 6.45) is -4.71. The molecule has 0 spiro atoms. The largest absolute Gasteiger partial charge is 0.454 e. The number of halogens is 3. The summed E-state index contributed by atoms with van der Waals surface area (Å²) in [6, 6.07) is 8.72. The van der Waals surface area contributed by atoms with E-state index in [-0.39, 0.29) is 11.5 Å². The summed E-state index contributed by atoms with van der Waals surface area (Å²) >= 11 is 0. The summed E-state index contributed by atoms with van der Waals surface area (Å²) in [6.45, 7) is 0.975. The molecule has 1 aliphatic heterocycles. The van der Waals surface area contributed by atoms with E-state index in [1.165, 1.54) is 18.2 Å². The maximum atomic E-state index is 13.0. The number of amides is 1. The number of ether oxygens (including phenoxy) is 1. The van der Waals surface area contributed by atoms with E-state index in [0.717, 1.165) is 18.2 Å². The minimum Gasteiger partial charge on any atom is -0.454 e. The summed E-state index contributed by atoms with van der Waals surface area (Å²) in [7, 11) is 0. The van der Waals surface area contributed by atoms with Gasteiger partial charge in [0.25, 0.3) is 0 Å². The molecule has 8 heteroatoms. The van der Waals surface area contributed by atoms with Gasteiger partial charge in [0.1, 0.15) is 0 Å². The minimum atomic E-state index is -4.71. The number of esters is 1. The first-order valence-corrected chi connectivity index (χ1v) is 8.00. The smallest absolute Gasteiger partial charge is 0.417 e. The van der Waals surface area contributed by atoms with E-state index >= 15 is 0 Å². The molecule has 0 bridgehead atoms. The van der Waals surface area contributed by atoms with Crippen LogP contribution < -0.4 is 5.32 Å². The Kier molecular flexibility index (Phi) is 4.73. The molecule has 140 valence electrons. The lowest BCUT2D eigenvalue weighted by atomic mass is 9.99. The van der Waals surface area contributed by atoms with Gasteiger partial charge in [0.05, 0.1) is 17.0 Å². The van der Waals surface area contributed by atoms with Crippen LogP contribution >= 0.6 is 0 Å². The fourth-order valence-corrected chi connectivity index (χ4v) is 2.79. The van der Waals surface area contributed by atoms with Gasteiger partial charge in [0.2, 0.25) is 5.91 Å². The number of fused-ring (bicyclic) bond motifs is 1. The molecule has 0 unspecified atom stereocenters. The number of benzene rings is 2. The Labute approximate surface area is 152 Å². The van der Waals surface area contributed by atoms with Crippen molar-refractivity contribution < 1.29 is 32.3 Å². The van der Waals surface area contributed by atoms with Crippen LogP contribution in [0.2, 0.25) is 0 Å². The SMILES string of the molecule is C[C@@H]1C(=O)Nc2ccc(C(=O)COC(=O)c3ccccc3C(F)(F)F)cc21. The quantitative estimate of drug-likeness (QED) is 0.650. The van der Waals surface area contributed by atoms with E-state index in [4.69, 9.17) is 4.74 Å². The molecule has 2 aromatic rings. The van der Waals surface area contributed by atoms with Crippen LogP contribution in [0.25, 0.3) is 0 Å². The molecule has 1 N–H and O–H groups in total. The molecule has 0 fully saturated rings. The van der Waals surface area contributed by atoms with Crippen LogP contribution in [0.1, 0.15) is 44.7 Å². The number of alkyl halides is 3. The topological polar surface area (TPSA) is 72.5 Å². The van der Waals surface area contributed by atoms with Gasteiger partial charge >= 0.3 is 12.1 Å². The standard InChI is InChI=1S/C19H14F3NO4/c1-10-13-8-11(6-7-15(13)23-17(10)25)16(24)9-27-18(26)12-4-2-3-5-14(12)19(20,21)22/h2-8,10H,9H2,1H3,(H,23,25)/t10-/m0/s1. The average molecular weight is 377 g/mol. The fraction of sp³-hybridized carbons (Fsp3) is 0.211. The van der Waals surface area contributed by atoms with Gasteiger partial charge in [0.15, 0.2) is 12.4 Å². The van der Waals surface area contributed by atoms with Gasteiger partial charge in [-0.2, -0.15) is 13.2 Å². The van der Waals surface area contributed by atoms with Gasteiger partial charge in [-0.25, -0.2) is 4.79 Å². The van der Waals surface area contributed by atoms with Crippen molar-refractivity contribution in [2.45, 2.75) is 19.0 Å². The summed E-state index contributed by atoms with van der Waals surface area (Å²) in [5, 5.41) is 2.66. The Morgan fingerprint density at radius 3 is 2.56 bits per heavy atom. The van der Waals surface area contributed by atoms with E-state index in [1.807, 2.05) is 0 Å². The van der Waals surface area contributed by atoms with Crippen molar-refractivity contribution >= 4 is 23.3 Å². The van der Waals surface area contributed by atoms with E-state index in [2.05, 4.69) is 5.32 Å². The molecule has 1 heterocycles. The maximum Gasteiger partial charge on any atom is 0.417 e. The zero-order valence-corrected chi connectivity index (χ0v) is 14.1. The highest BCUT2D eigenvalue weighted by Crippen LogP contribution is 2.33. The Hall–Kier alpha value is -3.16. The summed E-state index contributed by atoms with van der Waals surface area (Å²) in [5.41, 5.74) is -0.345. The Morgan fingerprint density at radius 2 is 1.85 bits per heavy atom. The van der Waals surface area contributed by atoms with E-state index in [0.29, 0.717) is 11.3 Å². The van der Waals surface area contributed by atoms with Crippen LogP contribution in [0.4, 0.5) is 18.9 Å². The second kappa shape index (κ2) is 6.86. The second-order valence-electron chi connectivity index (χ2n) is 6.06. The maximum absolute atomic E-state index is 13.0. The second-order valence-corrected chi connectivity index (χ2v) is 6.06. The molecule has 1 atom stereocenters. The number of hydrogen-bond donors (Lipinski definition) is 1. The van der Waals surface area contributed by atoms with Crippen LogP contribution in [0.3, 0.4) is 0 Å². The monoisotopic (exact) mass is 377 g/mol. The molecule has 0 radical (unpaired) electrons. The van der Waals surface area contributed by atoms with Gasteiger partial charge in [-0.3, -0.25) is 9.59 Å². The third kappa shape index (κ3) is 3.69. The molecule has 5 nitrogen and oxygen atoms in total. The number of anilines is 1. The van der Waals surface area contributed by atoms with Crippen LogP contribution in [-0.4, -0.2) is 24.3 Å². The molecule has 0 saturated heterocycles. The number of Topliss-reactive ketones (excluding diaryl/α,β-unsaturated/α-hetero) is 1. The number of ketones is 1. The van der Waals surface area contributed by atoms with Crippen molar-refractivity contribution in [2.75, 3.05) is 11.9 Å². The van der Waals surface area contributed by atoms with Crippen LogP contribution in [0.15, 0.2) is 42.5 Å². The first kappa shape index (κ1) is 18.6. The molecule has 0 saturated carbocycles. The van der Waals surface area contributed by atoms with Crippen molar-refractivity contribution in [3.63, 3.8) is 0 Å². The van der Waals surface area contributed by atoms with Gasteiger partial charge in [-0.15, -0.1) is 0 Å². The van der Waals surface area contributed by atoms with Gasteiger partial charge in [-0.1, -0.05) is 12.1 Å². The first-order chi connectivity index (χ1) is 12.7. The molecule has 0 aliphatic carbocycles. The lowest BCUT2D eigenvalue weighted by Gasteiger charge is -2.12. The molecular weight excluding hydrogens is 363 g/mol. The van der Waals surface area contributed by atoms with Crippen molar-refractivity contribution in [1.82, 2.24) is 0 Å². The summed E-state index contributed by atoms with van der Waals surface area (Å²) < 4.78 is 43.7.